The molecule has 0 fully saturated rings. The van der Waals surface area contributed by atoms with Gasteiger partial charge in [0.05, 0.1) is 65.2 Å². The fraction of sp³-hybridized carbons (Fsp3) is 0.265. The minimum atomic E-state index is -1.46. The van der Waals surface area contributed by atoms with E-state index in [1.807, 2.05) is 152 Å². The molecule has 0 amide bonds. The van der Waals surface area contributed by atoms with Crippen LogP contribution >= 0.6 is 0 Å². The summed E-state index contributed by atoms with van der Waals surface area (Å²) in [6.45, 7) is 56.1. The van der Waals surface area contributed by atoms with E-state index < -0.39 is 48.4 Å². The molecule has 19 heteroatoms. The van der Waals surface area contributed by atoms with Crippen LogP contribution in [-0.4, -0.2) is 83.3 Å². The Hall–Kier alpha value is -9.54. The first kappa shape index (κ1) is 105. The molecule has 0 bridgehead atoms. The molecule has 0 aliphatic rings. The molecule has 10 aromatic heterocycles. The average molecular weight is 2370 g/mol. The van der Waals surface area contributed by atoms with Crippen LogP contribution in [0, 0.1) is 54.3 Å². The Kier molecular flexibility index (Phi) is 35.8. The number of hydrogen-bond acceptors (Lipinski definition) is 10. The standard InChI is InChI=1S/2C24H26NOSi.C23H25N2OSi.3C14H16NSi.3Ir/c2*1-16(2)13-17-14-21(25-15-23(17)27(3,4)5)20-11-8-10-19-18-9-6-7-12-22(18)26-24(19)20;1-15(2)10-16-11-20(25-14-22(16)27(3,4)5)19-13-24-12-18-17-8-6-7-9-21(17)26-23(18)19;3*1-16(2,3)13-9-10-14(15-11-13)12-7-5-4-6-8-12;;;/h2*6-10,12,14-16H,13H2,1-5H3;6-9,11-12,14-15H,10H2,1-5H3;3*4-7,9-11H,1-3H3;;;/q6*-1;;;. The molecule has 8 aromatic carbocycles. The van der Waals surface area contributed by atoms with Crippen molar-refractivity contribution in [2.75, 3.05) is 0 Å². The van der Waals surface area contributed by atoms with E-state index in [0.717, 1.165) is 153 Å². The zero-order valence-electron chi connectivity index (χ0n) is 81.1. The summed E-state index contributed by atoms with van der Waals surface area (Å²) in [6.07, 6.45) is 20.5. The van der Waals surface area contributed by atoms with Gasteiger partial charge in [0, 0.05) is 114 Å². The monoisotopic (exact) mass is 2370 g/mol. The van der Waals surface area contributed by atoms with Gasteiger partial charge in [0.15, 0.2) is 0 Å². The van der Waals surface area contributed by atoms with Crippen molar-refractivity contribution in [2.45, 2.75) is 179 Å². The molecule has 0 atom stereocenters. The summed E-state index contributed by atoms with van der Waals surface area (Å²) in [5, 5.41) is 15.2. The van der Waals surface area contributed by atoms with E-state index in [4.69, 9.17) is 28.2 Å². The zero-order valence-corrected chi connectivity index (χ0v) is 94.3. The first-order valence-corrected chi connectivity index (χ1v) is 66.4. The van der Waals surface area contributed by atoms with Gasteiger partial charge in [-0.25, -0.2) is 0 Å². The maximum atomic E-state index is 6.19. The van der Waals surface area contributed by atoms with Crippen molar-refractivity contribution in [2.24, 2.45) is 17.8 Å². The smallest absolute Gasteiger partial charge is 0.121 e. The van der Waals surface area contributed by atoms with Crippen LogP contribution in [0.3, 0.4) is 0 Å². The minimum Gasteiger partial charge on any atom is -0.501 e. The van der Waals surface area contributed by atoms with Crippen LogP contribution in [0.1, 0.15) is 58.2 Å². The van der Waals surface area contributed by atoms with Crippen LogP contribution in [0.15, 0.2) is 281 Å². The summed E-state index contributed by atoms with van der Waals surface area (Å²) < 4.78 is 18.5. The quantitative estimate of drug-likeness (QED) is 0.0605. The molecule has 0 unspecified atom stereocenters. The second-order valence-electron chi connectivity index (χ2n) is 41.1. The number of pyridine rings is 7. The van der Waals surface area contributed by atoms with Crippen LogP contribution in [0.25, 0.3) is 133 Å². The van der Waals surface area contributed by atoms with Crippen molar-refractivity contribution >= 4 is 145 Å². The largest absolute Gasteiger partial charge is 0.501 e. The van der Waals surface area contributed by atoms with Crippen LogP contribution in [0.5, 0.6) is 0 Å². The number of fused-ring (bicyclic) bond motifs is 9. The van der Waals surface area contributed by atoms with E-state index in [2.05, 4.69) is 332 Å². The molecule has 0 aliphatic carbocycles. The number of aromatic nitrogens is 7. The summed E-state index contributed by atoms with van der Waals surface area (Å²) in [6, 6.07) is 92.4. The Morgan fingerprint density at radius 2 is 0.538 bits per heavy atom. The van der Waals surface area contributed by atoms with E-state index in [-0.39, 0.29) is 60.3 Å². The predicted octanol–water partition coefficient (Wildman–Crippen LogP) is 27.2. The van der Waals surface area contributed by atoms with E-state index in [1.54, 1.807) is 0 Å². The van der Waals surface area contributed by atoms with Gasteiger partial charge in [-0.1, -0.05) is 313 Å². The Bertz CT molecular complexity index is 6160. The Morgan fingerprint density at radius 3 is 0.811 bits per heavy atom. The Balaban J connectivity index is 0.000000166. The predicted molar refractivity (Wildman–Crippen MR) is 564 cm³/mol. The molecule has 18 aromatic rings. The number of nitrogens with zero attached hydrogens (tertiary/aromatic N) is 7. The molecule has 10 heterocycles. The molecule has 0 saturated carbocycles. The van der Waals surface area contributed by atoms with E-state index in [1.165, 1.54) is 47.8 Å². The number of rotatable bonds is 18. The first-order chi connectivity index (χ1) is 61.2. The van der Waals surface area contributed by atoms with Crippen molar-refractivity contribution in [1.82, 2.24) is 34.9 Å². The molecule has 0 saturated heterocycles. The second kappa shape index (κ2) is 45.2. The normalized spacial score (nSPS) is 11.8. The van der Waals surface area contributed by atoms with Crippen molar-refractivity contribution in [3.05, 3.63) is 321 Å². The second-order valence-corrected chi connectivity index (χ2v) is 71.4. The topological polar surface area (TPSA) is 130 Å². The molecule has 10 nitrogen and oxygen atoms in total. The van der Waals surface area contributed by atoms with Gasteiger partial charge in [-0.05, 0) is 138 Å². The average Bonchev–Trinajstić information content (AvgIpc) is 1.63. The molecule has 0 aliphatic heterocycles. The fourth-order valence-electron chi connectivity index (χ4n) is 15.9. The van der Waals surface area contributed by atoms with Crippen molar-refractivity contribution in [3.8, 4) is 67.5 Å². The minimum absolute atomic E-state index is 0. The Labute approximate surface area is 831 Å². The molecule has 18 rings (SSSR count). The number of benzene rings is 8. The zero-order chi connectivity index (χ0) is 92.3. The van der Waals surface area contributed by atoms with Crippen molar-refractivity contribution in [1.29, 1.82) is 0 Å². The van der Waals surface area contributed by atoms with Gasteiger partial charge >= 0.3 is 0 Å². The van der Waals surface area contributed by atoms with Crippen LogP contribution in [0.4, 0.5) is 0 Å². The van der Waals surface area contributed by atoms with Gasteiger partial charge in [-0.2, -0.15) is 0 Å². The summed E-state index contributed by atoms with van der Waals surface area (Å²) in [5.74, 6) is 1.82. The number of hydrogen-bond donors (Lipinski definition) is 0. The molecular formula is C113H125Ir3N7O3Si6-6. The SMILES string of the molecule is CC(C)Cc1cc(-c2[c-]ccc3c2oc2ccccc23)ncc1[Si](C)(C)C.CC(C)Cc1cc(-c2[c-]ccc3c2oc2ccccc23)ncc1[Si](C)(C)C.CC(C)Cc1cc(-c2[c-]ncc3c2oc2ccccc23)ncc1[Si](C)(C)C.C[Si](C)(C)c1ccc(-c2[c-]cccc2)nc1.C[Si](C)(C)c1ccc(-c2[c-]cccc2)nc1.C[Si](C)(C)c1ccc(-c2[c-]cccc2)nc1.[Ir].[Ir].[Ir]. The fourth-order valence-corrected chi connectivity index (χ4v) is 23.8. The first-order valence-electron chi connectivity index (χ1n) is 45.4. The van der Waals surface area contributed by atoms with Crippen LogP contribution in [-0.2, 0) is 79.6 Å². The third-order valence-corrected chi connectivity index (χ3v) is 35.1. The molecule has 3 radical (unpaired) electrons. The summed E-state index contributed by atoms with van der Waals surface area (Å²) >= 11 is 0. The molecule has 132 heavy (non-hydrogen) atoms. The molecule has 687 valence electrons. The van der Waals surface area contributed by atoms with E-state index in [9.17, 15) is 0 Å². The molecular weight excluding hydrogens is 2250 g/mol. The van der Waals surface area contributed by atoms with Gasteiger partial charge in [-0.3, -0.25) is 0 Å². The van der Waals surface area contributed by atoms with Crippen LogP contribution in [0.2, 0.25) is 118 Å². The summed E-state index contributed by atoms with van der Waals surface area (Å²) in [5.41, 5.74) is 21.3. The van der Waals surface area contributed by atoms with Gasteiger partial charge in [0.25, 0.3) is 0 Å². The van der Waals surface area contributed by atoms with E-state index >= 15 is 0 Å². The maximum Gasteiger partial charge on any atom is 0.121 e. The number of para-hydroxylation sites is 3. The van der Waals surface area contributed by atoms with Crippen LogP contribution < -0.4 is 31.1 Å². The van der Waals surface area contributed by atoms with E-state index in [0.29, 0.717) is 17.8 Å². The third kappa shape index (κ3) is 26.5. The van der Waals surface area contributed by atoms with Crippen molar-refractivity contribution in [3.63, 3.8) is 0 Å². The van der Waals surface area contributed by atoms with Gasteiger partial charge in [0.2, 0.25) is 0 Å². The Morgan fingerprint density at radius 1 is 0.258 bits per heavy atom. The molecule has 0 spiro atoms. The van der Waals surface area contributed by atoms with Gasteiger partial charge < -0.3 is 48.1 Å². The van der Waals surface area contributed by atoms with Gasteiger partial charge in [-0.15, -0.1) is 144 Å². The summed E-state index contributed by atoms with van der Waals surface area (Å²) in [4.78, 5) is 32.4. The maximum absolute atomic E-state index is 6.19. The van der Waals surface area contributed by atoms with Gasteiger partial charge in [0.1, 0.15) is 16.7 Å². The number of furan rings is 3. The summed E-state index contributed by atoms with van der Waals surface area (Å²) in [7, 11) is -8.04. The third-order valence-electron chi connectivity index (χ3n) is 22.8. The van der Waals surface area contributed by atoms with Crippen molar-refractivity contribution < 1.29 is 73.6 Å². The molecule has 0 N–H and O–H groups in total.